The molecule has 3 aliphatic rings. The maximum Gasteiger partial charge on any atom is 0.229 e. The summed E-state index contributed by atoms with van der Waals surface area (Å²) in [6.07, 6.45) is 4.98. The van der Waals surface area contributed by atoms with Gasteiger partial charge < -0.3 is 10.2 Å². The van der Waals surface area contributed by atoms with Gasteiger partial charge >= 0.3 is 0 Å². The number of amides is 2. The molecule has 26 heavy (non-hydrogen) atoms. The van der Waals surface area contributed by atoms with E-state index in [1.165, 1.54) is 17.5 Å². The number of nitrogens with zero attached hydrogens (tertiary/aromatic N) is 1. The Morgan fingerprint density at radius 1 is 1.19 bits per heavy atom. The molecule has 140 valence electrons. The molecular weight excluding hydrogens is 352 g/mol. The predicted molar refractivity (Wildman–Crippen MR) is 98.6 cm³/mol. The van der Waals surface area contributed by atoms with E-state index in [0.29, 0.717) is 13.0 Å². The largest absolute Gasteiger partial charge is 0.338 e. The van der Waals surface area contributed by atoms with Crippen molar-refractivity contribution in [3.8, 4) is 0 Å². The molecule has 2 heterocycles. The van der Waals surface area contributed by atoms with Gasteiger partial charge in [-0.05, 0) is 49.3 Å². The van der Waals surface area contributed by atoms with E-state index < -0.39 is 15.8 Å². The minimum absolute atomic E-state index is 0.0271. The number of aryl methyl sites for hydroxylation is 1. The lowest BCUT2D eigenvalue weighted by Gasteiger charge is -2.23. The summed E-state index contributed by atoms with van der Waals surface area (Å²) in [5, 5.41) is 3.02. The van der Waals surface area contributed by atoms with Crippen LogP contribution in [-0.2, 0) is 32.3 Å². The number of hydrogen-bond donors (Lipinski definition) is 1. The zero-order chi connectivity index (χ0) is 18.3. The fourth-order valence-corrected chi connectivity index (χ4v) is 6.15. The van der Waals surface area contributed by atoms with Crippen LogP contribution in [0.3, 0.4) is 0 Å². The van der Waals surface area contributed by atoms with Crippen LogP contribution < -0.4 is 5.32 Å². The number of hydrogen-bond acceptors (Lipinski definition) is 4. The molecule has 1 aliphatic carbocycles. The Hall–Kier alpha value is -1.89. The molecule has 1 aromatic rings. The highest BCUT2D eigenvalue weighted by Gasteiger charge is 2.42. The highest BCUT2D eigenvalue weighted by atomic mass is 32.2. The molecular formula is C19H24N2O4S. The SMILES string of the molecule is O=C(Nc1cccc2c1CCCC2)[C@@H]1CC(=O)N([C@H]2CCS(=O)(=O)C2)C1. The topological polar surface area (TPSA) is 83.6 Å². The van der Waals surface area contributed by atoms with Gasteiger partial charge in [0.25, 0.3) is 0 Å². The summed E-state index contributed by atoms with van der Waals surface area (Å²) in [4.78, 5) is 26.7. The molecule has 0 spiro atoms. The quantitative estimate of drug-likeness (QED) is 0.867. The van der Waals surface area contributed by atoms with E-state index in [0.717, 1.165) is 24.9 Å². The van der Waals surface area contributed by atoms with Crippen LogP contribution in [0.2, 0.25) is 0 Å². The van der Waals surface area contributed by atoms with Crippen LogP contribution in [0.5, 0.6) is 0 Å². The smallest absolute Gasteiger partial charge is 0.229 e. The van der Waals surface area contributed by atoms with Crippen molar-refractivity contribution in [3.63, 3.8) is 0 Å². The van der Waals surface area contributed by atoms with Crippen LogP contribution in [0.25, 0.3) is 0 Å². The van der Waals surface area contributed by atoms with Gasteiger partial charge in [0.15, 0.2) is 9.84 Å². The molecule has 2 aliphatic heterocycles. The Labute approximate surface area is 153 Å². The third-order valence-corrected chi connectivity index (χ3v) is 7.58. The highest BCUT2D eigenvalue weighted by molar-refractivity contribution is 7.91. The number of anilines is 1. The number of nitrogens with one attached hydrogen (secondary N) is 1. The molecule has 1 N–H and O–H groups in total. The van der Waals surface area contributed by atoms with Crippen LogP contribution in [0.1, 0.15) is 36.8 Å². The Kier molecular flexibility index (Phi) is 4.50. The normalized spacial score (nSPS) is 27.4. The first-order valence-corrected chi connectivity index (χ1v) is 11.2. The molecule has 4 rings (SSSR count). The average Bonchev–Trinajstić information content (AvgIpc) is 3.17. The van der Waals surface area contributed by atoms with Gasteiger partial charge in [0.1, 0.15) is 0 Å². The van der Waals surface area contributed by atoms with E-state index in [4.69, 9.17) is 0 Å². The average molecular weight is 376 g/mol. The van der Waals surface area contributed by atoms with Gasteiger partial charge in [-0.1, -0.05) is 12.1 Å². The summed E-state index contributed by atoms with van der Waals surface area (Å²) in [6.45, 7) is 0.319. The fourth-order valence-electron chi connectivity index (χ4n) is 4.41. The van der Waals surface area contributed by atoms with Crippen molar-refractivity contribution >= 4 is 27.3 Å². The van der Waals surface area contributed by atoms with Gasteiger partial charge in [0.05, 0.1) is 17.4 Å². The second-order valence-corrected chi connectivity index (χ2v) is 9.87. The van der Waals surface area contributed by atoms with Crippen LogP contribution in [0.4, 0.5) is 5.69 Å². The first kappa shape index (κ1) is 17.5. The Bertz CT molecular complexity index is 849. The van der Waals surface area contributed by atoms with Crippen molar-refractivity contribution in [2.75, 3.05) is 23.4 Å². The standard InChI is InChI=1S/C19H24N2O4S/c22-18-10-14(11-21(18)15-8-9-26(24,25)12-15)19(23)20-17-7-3-5-13-4-1-2-6-16(13)17/h3,5,7,14-15H,1-2,4,6,8-12H2,(H,20,23)/t14-,15+/m1/s1. The zero-order valence-corrected chi connectivity index (χ0v) is 15.6. The second kappa shape index (κ2) is 6.68. The van der Waals surface area contributed by atoms with Crippen molar-refractivity contribution < 1.29 is 18.0 Å². The van der Waals surface area contributed by atoms with Gasteiger partial charge in [-0.3, -0.25) is 9.59 Å². The lowest BCUT2D eigenvalue weighted by Crippen LogP contribution is -2.38. The summed E-state index contributed by atoms with van der Waals surface area (Å²) in [6, 6.07) is 5.75. The minimum atomic E-state index is -3.05. The van der Waals surface area contributed by atoms with Crippen LogP contribution >= 0.6 is 0 Å². The lowest BCUT2D eigenvalue weighted by atomic mass is 9.90. The Balaban J connectivity index is 1.44. The molecule has 0 unspecified atom stereocenters. The summed E-state index contributed by atoms with van der Waals surface area (Å²) in [7, 11) is -3.05. The molecule has 2 fully saturated rings. The summed E-state index contributed by atoms with van der Waals surface area (Å²) < 4.78 is 23.4. The Morgan fingerprint density at radius 2 is 2.00 bits per heavy atom. The van der Waals surface area contributed by atoms with Gasteiger partial charge in [-0.15, -0.1) is 0 Å². The fraction of sp³-hybridized carbons (Fsp3) is 0.579. The van der Waals surface area contributed by atoms with Crippen LogP contribution in [-0.4, -0.2) is 49.2 Å². The molecule has 2 amide bonds. The number of rotatable bonds is 3. The molecule has 0 bridgehead atoms. The van der Waals surface area contributed by atoms with E-state index in [9.17, 15) is 18.0 Å². The van der Waals surface area contributed by atoms with E-state index >= 15 is 0 Å². The monoisotopic (exact) mass is 376 g/mol. The summed E-state index contributed by atoms with van der Waals surface area (Å²) in [5.41, 5.74) is 3.38. The summed E-state index contributed by atoms with van der Waals surface area (Å²) >= 11 is 0. The van der Waals surface area contributed by atoms with Gasteiger partial charge in [-0.2, -0.15) is 0 Å². The van der Waals surface area contributed by atoms with Gasteiger partial charge in [0.2, 0.25) is 11.8 Å². The van der Waals surface area contributed by atoms with Crippen LogP contribution in [0.15, 0.2) is 18.2 Å². The van der Waals surface area contributed by atoms with Crippen molar-refractivity contribution in [2.24, 2.45) is 5.92 Å². The number of benzene rings is 1. The first-order chi connectivity index (χ1) is 12.4. The maximum atomic E-state index is 12.7. The lowest BCUT2D eigenvalue weighted by molar-refractivity contribution is -0.129. The molecule has 1 aromatic carbocycles. The third-order valence-electron chi connectivity index (χ3n) is 5.83. The van der Waals surface area contributed by atoms with Crippen molar-refractivity contribution in [1.82, 2.24) is 4.90 Å². The molecule has 7 heteroatoms. The number of likely N-dealkylation sites (tertiary alicyclic amines) is 1. The van der Waals surface area contributed by atoms with Crippen molar-refractivity contribution in [2.45, 2.75) is 44.6 Å². The number of carbonyl (C=O) groups excluding carboxylic acids is 2. The van der Waals surface area contributed by atoms with E-state index in [2.05, 4.69) is 11.4 Å². The highest BCUT2D eigenvalue weighted by Crippen LogP contribution is 2.30. The molecule has 0 saturated carbocycles. The Morgan fingerprint density at radius 3 is 2.77 bits per heavy atom. The zero-order valence-electron chi connectivity index (χ0n) is 14.7. The molecule has 2 atom stereocenters. The number of fused-ring (bicyclic) bond motifs is 1. The predicted octanol–water partition coefficient (Wildman–Crippen LogP) is 1.54. The molecule has 6 nitrogen and oxygen atoms in total. The van der Waals surface area contributed by atoms with Crippen molar-refractivity contribution in [3.05, 3.63) is 29.3 Å². The van der Waals surface area contributed by atoms with Gasteiger partial charge in [0, 0.05) is 24.7 Å². The molecule has 0 radical (unpaired) electrons. The number of sulfone groups is 1. The van der Waals surface area contributed by atoms with E-state index in [1.807, 2.05) is 12.1 Å². The van der Waals surface area contributed by atoms with Crippen LogP contribution in [0, 0.1) is 5.92 Å². The molecule has 2 saturated heterocycles. The molecule has 0 aromatic heterocycles. The number of carbonyl (C=O) groups is 2. The van der Waals surface area contributed by atoms with E-state index in [-0.39, 0.29) is 35.8 Å². The minimum Gasteiger partial charge on any atom is -0.338 e. The van der Waals surface area contributed by atoms with Gasteiger partial charge in [-0.25, -0.2) is 8.42 Å². The van der Waals surface area contributed by atoms with E-state index in [1.54, 1.807) is 4.90 Å². The maximum absolute atomic E-state index is 12.7. The first-order valence-electron chi connectivity index (χ1n) is 9.34. The summed E-state index contributed by atoms with van der Waals surface area (Å²) in [5.74, 6) is -0.499. The van der Waals surface area contributed by atoms with Crippen molar-refractivity contribution in [1.29, 1.82) is 0 Å². The third kappa shape index (κ3) is 3.37. The second-order valence-electron chi connectivity index (χ2n) is 7.64.